The van der Waals surface area contributed by atoms with Crippen molar-refractivity contribution < 1.29 is 14.7 Å². The van der Waals surface area contributed by atoms with Gasteiger partial charge in [0.2, 0.25) is 0 Å². The summed E-state index contributed by atoms with van der Waals surface area (Å²) in [7, 11) is 0. The number of halogens is 1. The second-order valence-electron chi connectivity index (χ2n) is 6.25. The summed E-state index contributed by atoms with van der Waals surface area (Å²) in [5.74, 6) is -1.64. The van der Waals surface area contributed by atoms with Crippen LogP contribution >= 0.6 is 11.6 Å². The number of aliphatic hydroxyl groups is 1. The van der Waals surface area contributed by atoms with Crippen LogP contribution in [0.15, 0.2) is 65.9 Å². The van der Waals surface area contributed by atoms with Crippen molar-refractivity contribution in [3.05, 3.63) is 76.5 Å². The number of amides is 1. The van der Waals surface area contributed by atoms with Crippen LogP contribution in [0.1, 0.15) is 25.5 Å². The standard InChI is InChI=1S/C20H18ClNO3/c1-12(2)18(23)16-17(13-6-4-3-5-7-13)22(20(25)19(16)24)15-10-8-14(21)9-11-15/h3-12,17,24H,1-2H3. The Morgan fingerprint density at radius 2 is 1.68 bits per heavy atom. The predicted octanol–water partition coefficient (Wildman–Crippen LogP) is 4.47. The van der Waals surface area contributed by atoms with Crippen molar-refractivity contribution in [1.82, 2.24) is 0 Å². The fourth-order valence-corrected chi connectivity index (χ4v) is 3.11. The largest absolute Gasteiger partial charge is 0.503 e. The van der Waals surface area contributed by atoms with Gasteiger partial charge in [-0.05, 0) is 29.8 Å². The normalized spacial score (nSPS) is 17.5. The summed E-state index contributed by atoms with van der Waals surface area (Å²) >= 11 is 5.94. The van der Waals surface area contributed by atoms with Crippen LogP contribution in [0.25, 0.3) is 0 Å². The Hall–Kier alpha value is -2.59. The van der Waals surface area contributed by atoms with Crippen LogP contribution < -0.4 is 4.90 Å². The third kappa shape index (κ3) is 3.05. The maximum atomic E-state index is 12.7. The van der Waals surface area contributed by atoms with Gasteiger partial charge in [0.1, 0.15) is 0 Å². The van der Waals surface area contributed by atoms with Gasteiger partial charge >= 0.3 is 0 Å². The third-order valence-electron chi connectivity index (χ3n) is 4.22. The van der Waals surface area contributed by atoms with Crippen LogP contribution in [0, 0.1) is 5.92 Å². The van der Waals surface area contributed by atoms with Gasteiger partial charge < -0.3 is 5.11 Å². The first kappa shape index (κ1) is 17.2. The van der Waals surface area contributed by atoms with Gasteiger partial charge in [-0.15, -0.1) is 0 Å². The number of anilines is 1. The number of carbonyl (C=O) groups excluding carboxylic acids is 2. The van der Waals surface area contributed by atoms with E-state index in [1.165, 1.54) is 4.90 Å². The lowest BCUT2D eigenvalue weighted by atomic mass is 9.91. The highest BCUT2D eigenvalue weighted by molar-refractivity contribution is 6.30. The molecule has 0 aliphatic carbocycles. The SMILES string of the molecule is CC(C)C(=O)C1=C(O)C(=O)N(c2ccc(Cl)cc2)C1c1ccccc1. The minimum Gasteiger partial charge on any atom is -0.503 e. The molecular weight excluding hydrogens is 338 g/mol. The molecule has 0 saturated heterocycles. The fraction of sp³-hybridized carbons (Fsp3) is 0.200. The number of nitrogens with zero attached hydrogens (tertiary/aromatic N) is 1. The maximum absolute atomic E-state index is 12.7. The van der Waals surface area contributed by atoms with Gasteiger partial charge in [-0.1, -0.05) is 55.8 Å². The Labute approximate surface area is 151 Å². The summed E-state index contributed by atoms with van der Waals surface area (Å²) in [6.45, 7) is 3.50. The molecule has 0 bridgehead atoms. The van der Waals surface area contributed by atoms with E-state index in [0.717, 1.165) is 5.56 Å². The summed E-state index contributed by atoms with van der Waals surface area (Å²) < 4.78 is 0. The summed E-state index contributed by atoms with van der Waals surface area (Å²) in [5, 5.41) is 11.0. The Balaban J connectivity index is 2.17. The first-order valence-corrected chi connectivity index (χ1v) is 8.41. The van der Waals surface area contributed by atoms with Crippen molar-refractivity contribution in [3.63, 3.8) is 0 Å². The maximum Gasteiger partial charge on any atom is 0.294 e. The van der Waals surface area contributed by atoms with Crippen LogP contribution in [0.2, 0.25) is 5.02 Å². The van der Waals surface area contributed by atoms with Gasteiger partial charge in [-0.3, -0.25) is 14.5 Å². The second-order valence-corrected chi connectivity index (χ2v) is 6.68. The zero-order valence-corrected chi connectivity index (χ0v) is 14.7. The smallest absolute Gasteiger partial charge is 0.294 e. The van der Waals surface area contributed by atoms with E-state index in [-0.39, 0.29) is 17.3 Å². The number of aliphatic hydroxyl groups excluding tert-OH is 1. The topological polar surface area (TPSA) is 57.6 Å². The highest BCUT2D eigenvalue weighted by atomic mass is 35.5. The number of Topliss-reactive ketones (excluding diaryl/α,β-unsaturated/α-hetero) is 1. The number of carbonyl (C=O) groups is 2. The van der Waals surface area contributed by atoms with Crippen LogP contribution in [0.3, 0.4) is 0 Å². The van der Waals surface area contributed by atoms with Gasteiger partial charge in [-0.2, -0.15) is 0 Å². The van der Waals surface area contributed by atoms with Gasteiger partial charge in [-0.25, -0.2) is 0 Å². The van der Waals surface area contributed by atoms with E-state index in [0.29, 0.717) is 10.7 Å². The van der Waals surface area contributed by atoms with Crippen molar-refractivity contribution in [3.8, 4) is 0 Å². The lowest BCUT2D eigenvalue weighted by molar-refractivity contribution is -0.119. The van der Waals surface area contributed by atoms with Crippen LogP contribution in [0.4, 0.5) is 5.69 Å². The summed E-state index contributed by atoms with van der Waals surface area (Å²) in [6.07, 6.45) is 0. The van der Waals surface area contributed by atoms with Crippen LogP contribution in [-0.4, -0.2) is 16.8 Å². The van der Waals surface area contributed by atoms with Crippen LogP contribution in [-0.2, 0) is 9.59 Å². The molecule has 5 heteroatoms. The Kier molecular flexibility index (Phi) is 4.64. The molecule has 1 N–H and O–H groups in total. The number of rotatable bonds is 4. The van der Waals surface area contributed by atoms with Gasteiger partial charge in [0.15, 0.2) is 11.5 Å². The molecule has 2 aromatic rings. The van der Waals surface area contributed by atoms with E-state index in [1.54, 1.807) is 38.1 Å². The lowest BCUT2D eigenvalue weighted by Gasteiger charge is -2.27. The Morgan fingerprint density at radius 1 is 1.08 bits per heavy atom. The Morgan fingerprint density at radius 3 is 2.24 bits per heavy atom. The predicted molar refractivity (Wildman–Crippen MR) is 97.6 cm³/mol. The highest BCUT2D eigenvalue weighted by Crippen LogP contribution is 2.41. The van der Waals surface area contributed by atoms with Crippen molar-refractivity contribution in [2.45, 2.75) is 19.9 Å². The molecule has 1 aliphatic rings. The average Bonchev–Trinajstić information content (AvgIpc) is 2.87. The first-order chi connectivity index (χ1) is 11.9. The molecule has 25 heavy (non-hydrogen) atoms. The number of hydrogen-bond acceptors (Lipinski definition) is 3. The molecule has 2 aromatic carbocycles. The van der Waals surface area contributed by atoms with E-state index < -0.39 is 17.7 Å². The van der Waals surface area contributed by atoms with E-state index in [9.17, 15) is 14.7 Å². The van der Waals surface area contributed by atoms with Crippen molar-refractivity contribution >= 4 is 29.0 Å². The molecule has 1 amide bonds. The average molecular weight is 356 g/mol. The summed E-state index contributed by atoms with van der Waals surface area (Å²) in [5.41, 5.74) is 1.47. The first-order valence-electron chi connectivity index (χ1n) is 8.03. The molecule has 4 nitrogen and oxygen atoms in total. The molecular formula is C20H18ClNO3. The van der Waals surface area contributed by atoms with Crippen molar-refractivity contribution in [2.75, 3.05) is 4.90 Å². The van der Waals surface area contributed by atoms with Crippen LogP contribution in [0.5, 0.6) is 0 Å². The van der Waals surface area contributed by atoms with Gasteiger partial charge in [0.25, 0.3) is 5.91 Å². The van der Waals surface area contributed by atoms with E-state index in [4.69, 9.17) is 11.6 Å². The quantitative estimate of drug-likeness (QED) is 0.880. The Bertz CT molecular complexity index is 841. The van der Waals surface area contributed by atoms with E-state index >= 15 is 0 Å². The zero-order valence-electron chi connectivity index (χ0n) is 13.9. The van der Waals surface area contributed by atoms with Gasteiger partial charge in [0, 0.05) is 16.6 Å². The van der Waals surface area contributed by atoms with E-state index in [1.807, 2.05) is 30.3 Å². The molecule has 0 spiro atoms. The van der Waals surface area contributed by atoms with Crippen molar-refractivity contribution in [2.24, 2.45) is 5.92 Å². The summed E-state index contributed by atoms with van der Waals surface area (Å²) in [4.78, 5) is 26.9. The molecule has 1 atom stereocenters. The minimum absolute atomic E-state index is 0.140. The summed E-state index contributed by atoms with van der Waals surface area (Å²) in [6, 6.07) is 15.3. The lowest BCUT2D eigenvalue weighted by Crippen LogP contribution is -2.31. The number of hydrogen-bond donors (Lipinski definition) is 1. The third-order valence-corrected chi connectivity index (χ3v) is 4.47. The molecule has 1 heterocycles. The molecule has 128 valence electrons. The molecule has 0 fully saturated rings. The van der Waals surface area contributed by atoms with E-state index in [2.05, 4.69) is 0 Å². The monoisotopic (exact) mass is 355 g/mol. The highest BCUT2D eigenvalue weighted by Gasteiger charge is 2.44. The molecule has 0 radical (unpaired) electrons. The molecule has 0 aromatic heterocycles. The minimum atomic E-state index is -0.662. The number of benzene rings is 2. The number of ketones is 1. The fourth-order valence-electron chi connectivity index (χ4n) is 2.99. The molecule has 0 saturated carbocycles. The molecule has 1 aliphatic heterocycles. The van der Waals surface area contributed by atoms with Crippen molar-refractivity contribution in [1.29, 1.82) is 0 Å². The molecule has 1 unspecified atom stereocenters. The van der Waals surface area contributed by atoms with Gasteiger partial charge in [0.05, 0.1) is 11.6 Å². The second kappa shape index (κ2) is 6.73. The molecule has 3 rings (SSSR count). The zero-order chi connectivity index (χ0) is 18.1.